The summed E-state index contributed by atoms with van der Waals surface area (Å²) in [5.41, 5.74) is 2.05. The minimum Gasteiger partial charge on any atom is -0.379 e. The van der Waals surface area contributed by atoms with Crippen LogP contribution in [0.1, 0.15) is 55.7 Å². The molecule has 9 heteroatoms. The van der Waals surface area contributed by atoms with Gasteiger partial charge >= 0.3 is 0 Å². The number of carbonyl (C=O) groups is 2. The lowest BCUT2D eigenvalue weighted by molar-refractivity contribution is -0.136. The fourth-order valence-corrected chi connectivity index (χ4v) is 4.92. The zero-order valence-corrected chi connectivity index (χ0v) is 19.7. The van der Waals surface area contributed by atoms with E-state index in [1.807, 2.05) is 28.8 Å². The largest absolute Gasteiger partial charge is 0.379 e. The van der Waals surface area contributed by atoms with Crippen molar-refractivity contribution in [3.63, 3.8) is 0 Å². The van der Waals surface area contributed by atoms with Crippen molar-refractivity contribution in [2.75, 3.05) is 64.9 Å². The molecule has 0 spiro atoms. The van der Waals surface area contributed by atoms with Crippen molar-refractivity contribution < 1.29 is 14.3 Å². The number of carbonyl (C=O) groups excluding carboxylic acids is 2. The van der Waals surface area contributed by atoms with Crippen LogP contribution in [0.4, 0.5) is 5.82 Å². The zero-order valence-electron chi connectivity index (χ0n) is 19.7. The molecule has 1 aromatic rings. The Morgan fingerprint density at radius 3 is 2.59 bits per heavy atom. The molecule has 0 unspecified atom stereocenters. The Balaban J connectivity index is 1.54. The zero-order chi connectivity index (χ0) is 22.7. The molecule has 0 radical (unpaired) electrons. The number of nitrogens with zero attached hydrogens (tertiary/aromatic N) is 6. The van der Waals surface area contributed by atoms with E-state index >= 15 is 0 Å². The smallest absolute Gasteiger partial charge is 0.224 e. The van der Waals surface area contributed by atoms with Gasteiger partial charge in [-0.15, -0.1) is 0 Å². The molecule has 2 amide bonds. The van der Waals surface area contributed by atoms with Crippen LogP contribution >= 0.6 is 0 Å². The third kappa shape index (κ3) is 5.04. The quantitative estimate of drug-likeness (QED) is 0.675. The van der Waals surface area contributed by atoms with Crippen LogP contribution in [0.25, 0.3) is 0 Å². The number of hydrogen-bond acceptors (Lipinski definition) is 7. The predicted octanol–water partition coefficient (Wildman–Crippen LogP) is 1.22. The Morgan fingerprint density at radius 2 is 1.88 bits per heavy atom. The number of hydrogen-bond donors (Lipinski definition) is 0. The first-order chi connectivity index (χ1) is 15.4. The molecule has 1 aromatic heterocycles. The molecule has 0 N–H and O–H groups in total. The predicted molar refractivity (Wildman–Crippen MR) is 121 cm³/mol. The van der Waals surface area contributed by atoms with Crippen molar-refractivity contribution >= 4 is 17.6 Å². The number of piperidine rings is 1. The average molecular weight is 445 g/mol. The topological polar surface area (TPSA) is 82.1 Å². The van der Waals surface area contributed by atoms with Crippen LogP contribution in [-0.2, 0) is 27.3 Å². The summed E-state index contributed by atoms with van der Waals surface area (Å²) in [6.07, 6.45) is 4.25. The van der Waals surface area contributed by atoms with Crippen molar-refractivity contribution in [3.05, 3.63) is 17.1 Å². The fourth-order valence-electron chi connectivity index (χ4n) is 4.92. The Bertz CT molecular complexity index is 839. The Kier molecular flexibility index (Phi) is 7.25. The number of fused-ring (bicyclic) bond motifs is 1. The third-order valence-electron chi connectivity index (χ3n) is 6.79. The van der Waals surface area contributed by atoms with E-state index in [1.165, 1.54) is 0 Å². The molecule has 0 bridgehead atoms. The molecule has 3 aliphatic heterocycles. The SMILES string of the molecule is CC(=O)N1CCc2nc([C@@H]3CCCCN3C(=O)CCN3CCOCC3)nc(N(C)C)c2C1. The number of amides is 2. The van der Waals surface area contributed by atoms with E-state index in [4.69, 9.17) is 14.7 Å². The molecule has 4 rings (SSSR count). The number of likely N-dealkylation sites (tertiary alicyclic amines) is 1. The van der Waals surface area contributed by atoms with Crippen LogP contribution in [-0.4, -0.2) is 96.5 Å². The van der Waals surface area contributed by atoms with Gasteiger partial charge in [-0.2, -0.15) is 0 Å². The van der Waals surface area contributed by atoms with Gasteiger partial charge in [0.15, 0.2) is 5.82 Å². The van der Waals surface area contributed by atoms with Crippen molar-refractivity contribution in [1.29, 1.82) is 0 Å². The van der Waals surface area contributed by atoms with Gasteiger partial charge in [0.1, 0.15) is 5.82 Å². The normalized spacial score (nSPS) is 21.9. The minimum atomic E-state index is -0.0734. The van der Waals surface area contributed by atoms with Gasteiger partial charge in [-0.25, -0.2) is 9.97 Å². The summed E-state index contributed by atoms with van der Waals surface area (Å²) < 4.78 is 5.41. The summed E-state index contributed by atoms with van der Waals surface area (Å²) in [6.45, 7) is 7.67. The molecular formula is C23H36N6O3. The molecule has 0 aromatic carbocycles. The van der Waals surface area contributed by atoms with Crippen molar-refractivity contribution in [2.24, 2.45) is 0 Å². The average Bonchev–Trinajstić information content (AvgIpc) is 2.82. The Hall–Kier alpha value is -2.26. The van der Waals surface area contributed by atoms with Gasteiger partial charge in [-0.1, -0.05) is 0 Å². The Morgan fingerprint density at radius 1 is 1.09 bits per heavy atom. The lowest BCUT2D eigenvalue weighted by Gasteiger charge is -2.37. The summed E-state index contributed by atoms with van der Waals surface area (Å²) in [5, 5.41) is 0. The first-order valence-corrected chi connectivity index (χ1v) is 11.9. The van der Waals surface area contributed by atoms with Crippen molar-refractivity contribution in [2.45, 2.75) is 51.6 Å². The third-order valence-corrected chi connectivity index (χ3v) is 6.79. The van der Waals surface area contributed by atoms with Crippen LogP contribution in [0.15, 0.2) is 0 Å². The van der Waals surface area contributed by atoms with Gasteiger partial charge in [0.2, 0.25) is 11.8 Å². The minimum absolute atomic E-state index is 0.0734. The van der Waals surface area contributed by atoms with Crippen LogP contribution in [0, 0.1) is 0 Å². The molecule has 9 nitrogen and oxygen atoms in total. The van der Waals surface area contributed by atoms with Gasteiger partial charge < -0.3 is 19.4 Å². The van der Waals surface area contributed by atoms with Crippen molar-refractivity contribution in [3.8, 4) is 0 Å². The second kappa shape index (κ2) is 10.1. The summed E-state index contributed by atoms with van der Waals surface area (Å²) in [5.74, 6) is 1.89. The second-order valence-corrected chi connectivity index (χ2v) is 9.22. The van der Waals surface area contributed by atoms with E-state index in [2.05, 4.69) is 4.90 Å². The van der Waals surface area contributed by atoms with Crippen LogP contribution in [0.3, 0.4) is 0 Å². The summed E-state index contributed by atoms with van der Waals surface area (Å²) >= 11 is 0. The number of morpholine rings is 1. The van der Waals surface area contributed by atoms with E-state index in [9.17, 15) is 9.59 Å². The second-order valence-electron chi connectivity index (χ2n) is 9.22. The van der Waals surface area contributed by atoms with Gasteiger partial charge in [-0.3, -0.25) is 14.5 Å². The molecule has 176 valence electrons. The monoisotopic (exact) mass is 444 g/mol. The molecule has 4 heterocycles. The van der Waals surface area contributed by atoms with Crippen LogP contribution in [0.2, 0.25) is 0 Å². The molecule has 2 fully saturated rings. The molecule has 0 saturated carbocycles. The van der Waals surface area contributed by atoms with Crippen LogP contribution in [0.5, 0.6) is 0 Å². The summed E-state index contributed by atoms with van der Waals surface area (Å²) in [7, 11) is 3.95. The lowest BCUT2D eigenvalue weighted by Crippen LogP contribution is -2.43. The van der Waals surface area contributed by atoms with Crippen molar-refractivity contribution in [1.82, 2.24) is 24.7 Å². The van der Waals surface area contributed by atoms with E-state index in [1.54, 1.807) is 6.92 Å². The summed E-state index contributed by atoms with van der Waals surface area (Å²) in [4.78, 5) is 43.2. The molecule has 32 heavy (non-hydrogen) atoms. The highest BCUT2D eigenvalue weighted by Crippen LogP contribution is 2.33. The lowest BCUT2D eigenvalue weighted by atomic mass is 9.99. The van der Waals surface area contributed by atoms with E-state index < -0.39 is 0 Å². The number of aromatic nitrogens is 2. The van der Waals surface area contributed by atoms with Gasteiger partial charge in [-0.05, 0) is 19.3 Å². The highest BCUT2D eigenvalue weighted by atomic mass is 16.5. The summed E-state index contributed by atoms with van der Waals surface area (Å²) in [6, 6.07) is -0.0734. The maximum absolute atomic E-state index is 13.2. The highest BCUT2D eigenvalue weighted by molar-refractivity contribution is 5.77. The molecule has 2 saturated heterocycles. The number of anilines is 1. The first kappa shape index (κ1) is 22.9. The van der Waals surface area contributed by atoms with Gasteiger partial charge in [0.05, 0.1) is 31.5 Å². The molecular weight excluding hydrogens is 408 g/mol. The van der Waals surface area contributed by atoms with Crippen LogP contribution < -0.4 is 4.90 Å². The molecule has 0 aliphatic carbocycles. The molecule has 3 aliphatic rings. The van der Waals surface area contributed by atoms with Gasteiger partial charge in [0, 0.05) is 72.1 Å². The van der Waals surface area contributed by atoms with Gasteiger partial charge in [0.25, 0.3) is 0 Å². The van der Waals surface area contributed by atoms with E-state index in [-0.39, 0.29) is 17.9 Å². The first-order valence-electron chi connectivity index (χ1n) is 11.9. The number of ether oxygens (including phenoxy) is 1. The maximum Gasteiger partial charge on any atom is 0.224 e. The highest BCUT2D eigenvalue weighted by Gasteiger charge is 2.33. The standard InChI is InChI=1S/C23H36N6O3/c1-17(30)28-11-7-19-18(16-28)23(26(2)3)25-22(24-19)20-6-4-5-9-29(20)21(31)8-10-27-12-14-32-15-13-27/h20H,4-16H2,1-3H3/t20-/m0/s1. The number of rotatable bonds is 5. The molecule has 1 atom stereocenters. The fraction of sp³-hybridized carbons (Fsp3) is 0.739. The van der Waals surface area contributed by atoms with E-state index in [0.29, 0.717) is 19.5 Å². The maximum atomic E-state index is 13.2. The van der Waals surface area contributed by atoms with E-state index in [0.717, 1.165) is 88.0 Å². The Labute approximate surface area is 190 Å².